The van der Waals surface area contributed by atoms with Gasteiger partial charge in [0, 0.05) is 11.2 Å². The van der Waals surface area contributed by atoms with Gasteiger partial charge in [-0.2, -0.15) is 0 Å². The number of halogens is 3. The van der Waals surface area contributed by atoms with Crippen LogP contribution >= 0.6 is 23.2 Å². The molecule has 1 unspecified atom stereocenters. The van der Waals surface area contributed by atoms with Crippen molar-refractivity contribution in [3.8, 4) is 0 Å². The standard InChI is InChI=1S/C15H12Cl2FNO2/c16-13-7-14(17)19-8-11(13)6-10(15(20)21)4-9-2-1-3-12(18)5-9/h1-3,5,7-8,10H,4,6H2,(H,20,21). The lowest BCUT2D eigenvalue weighted by molar-refractivity contribution is -0.141. The fourth-order valence-corrected chi connectivity index (χ4v) is 2.49. The molecule has 0 fully saturated rings. The highest BCUT2D eigenvalue weighted by Crippen LogP contribution is 2.23. The van der Waals surface area contributed by atoms with Gasteiger partial charge in [0.2, 0.25) is 0 Å². The Morgan fingerprint density at radius 2 is 2.05 bits per heavy atom. The van der Waals surface area contributed by atoms with Gasteiger partial charge in [-0.3, -0.25) is 4.79 Å². The fraction of sp³-hybridized carbons (Fsp3) is 0.200. The Morgan fingerprint density at radius 3 is 2.67 bits per heavy atom. The predicted molar refractivity (Wildman–Crippen MR) is 79.2 cm³/mol. The maximum absolute atomic E-state index is 13.2. The lowest BCUT2D eigenvalue weighted by Crippen LogP contribution is -2.19. The van der Waals surface area contributed by atoms with Gasteiger partial charge in [-0.05, 0) is 42.2 Å². The number of aromatic nitrogens is 1. The van der Waals surface area contributed by atoms with Gasteiger partial charge in [-0.1, -0.05) is 35.3 Å². The SMILES string of the molecule is O=C(O)C(Cc1cccc(F)c1)Cc1cnc(Cl)cc1Cl. The summed E-state index contributed by atoms with van der Waals surface area (Å²) in [7, 11) is 0. The van der Waals surface area contributed by atoms with Gasteiger partial charge in [-0.25, -0.2) is 9.37 Å². The molecule has 1 aromatic carbocycles. The lowest BCUT2D eigenvalue weighted by Gasteiger charge is -2.13. The van der Waals surface area contributed by atoms with E-state index in [9.17, 15) is 14.3 Å². The Bertz CT molecular complexity index is 664. The monoisotopic (exact) mass is 327 g/mol. The predicted octanol–water partition coefficient (Wildman–Crippen LogP) is 4.01. The summed E-state index contributed by atoms with van der Waals surface area (Å²) in [5, 5.41) is 9.95. The summed E-state index contributed by atoms with van der Waals surface area (Å²) >= 11 is 11.7. The van der Waals surface area contributed by atoms with Crippen molar-refractivity contribution in [2.24, 2.45) is 5.92 Å². The van der Waals surface area contributed by atoms with Crippen molar-refractivity contribution in [2.45, 2.75) is 12.8 Å². The molecule has 0 spiro atoms. The largest absolute Gasteiger partial charge is 0.481 e. The van der Waals surface area contributed by atoms with E-state index in [1.54, 1.807) is 12.1 Å². The van der Waals surface area contributed by atoms with Crippen molar-refractivity contribution in [1.29, 1.82) is 0 Å². The number of benzene rings is 1. The second-order valence-electron chi connectivity index (χ2n) is 4.67. The first-order chi connectivity index (χ1) is 9.95. The third-order valence-electron chi connectivity index (χ3n) is 3.08. The van der Waals surface area contributed by atoms with E-state index < -0.39 is 11.9 Å². The van der Waals surface area contributed by atoms with Gasteiger partial charge in [0.25, 0.3) is 0 Å². The molecule has 0 amide bonds. The first-order valence-corrected chi connectivity index (χ1v) is 6.98. The topological polar surface area (TPSA) is 50.2 Å². The van der Waals surface area contributed by atoms with Crippen molar-refractivity contribution in [2.75, 3.05) is 0 Å². The molecule has 0 aliphatic rings. The van der Waals surface area contributed by atoms with Crippen LogP contribution in [0.1, 0.15) is 11.1 Å². The molecular weight excluding hydrogens is 316 g/mol. The lowest BCUT2D eigenvalue weighted by atomic mass is 9.93. The molecule has 1 aromatic heterocycles. The molecular formula is C15H12Cl2FNO2. The van der Waals surface area contributed by atoms with Crippen LogP contribution in [0.2, 0.25) is 10.2 Å². The van der Waals surface area contributed by atoms with Crippen LogP contribution in [-0.4, -0.2) is 16.1 Å². The number of carbonyl (C=O) groups is 1. The van der Waals surface area contributed by atoms with Crippen LogP contribution in [0.4, 0.5) is 4.39 Å². The molecule has 0 radical (unpaired) electrons. The van der Waals surface area contributed by atoms with E-state index >= 15 is 0 Å². The van der Waals surface area contributed by atoms with Gasteiger partial charge in [0.15, 0.2) is 0 Å². The number of rotatable bonds is 5. The maximum Gasteiger partial charge on any atom is 0.307 e. The highest BCUT2D eigenvalue weighted by Gasteiger charge is 2.20. The molecule has 1 atom stereocenters. The van der Waals surface area contributed by atoms with Crippen molar-refractivity contribution in [1.82, 2.24) is 4.98 Å². The van der Waals surface area contributed by atoms with E-state index in [2.05, 4.69) is 4.98 Å². The van der Waals surface area contributed by atoms with E-state index in [1.165, 1.54) is 24.4 Å². The van der Waals surface area contributed by atoms with Crippen LogP contribution in [-0.2, 0) is 17.6 Å². The molecule has 0 saturated heterocycles. The molecule has 1 N–H and O–H groups in total. The number of nitrogens with zero attached hydrogens (tertiary/aromatic N) is 1. The summed E-state index contributed by atoms with van der Waals surface area (Å²) in [5.41, 5.74) is 1.23. The Morgan fingerprint density at radius 1 is 1.29 bits per heavy atom. The van der Waals surface area contributed by atoms with Crippen molar-refractivity contribution in [3.05, 3.63) is 63.6 Å². The first kappa shape index (κ1) is 15.7. The summed E-state index contributed by atoms with van der Waals surface area (Å²) in [6.07, 6.45) is 1.88. The number of hydrogen-bond acceptors (Lipinski definition) is 2. The average Bonchev–Trinajstić information content (AvgIpc) is 2.40. The summed E-state index contributed by atoms with van der Waals surface area (Å²) in [4.78, 5) is 15.3. The summed E-state index contributed by atoms with van der Waals surface area (Å²) in [6, 6.07) is 7.37. The van der Waals surface area contributed by atoms with Crippen LogP contribution < -0.4 is 0 Å². The first-order valence-electron chi connectivity index (χ1n) is 6.23. The Balaban J connectivity index is 2.18. The van der Waals surface area contributed by atoms with E-state index in [-0.39, 0.29) is 23.8 Å². The van der Waals surface area contributed by atoms with Gasteiger partial charge in [0.1, 0.15) is 11.0 Å². The van der Waals surface area contributed by atoms with Gasteiger partial charge < -0.3 is 5.11 Å². The summed E-state index contributed by atoms with van der Waals surface area (Å²) in [6.45, 7) is 0. The average molecular weight is 328 g/mol. The third kappa shape index (κ3) is 4.41. The van der Waals surface area contributed by atoms with Crippen LogP contribution in [0.5, 0.6) is 0 Å². The number of carboxylic acids is 1. The number of hydrogen-bond donors (Lipinski definition) is 1. The van der Waals surface area contributed by atoms with E-state index in [0.717, 1.165) is 0 Å². The highest BCUT2D eigenvalue weighted by molar-refractivity contribution is 6.34. The molecule has 0 saturated carbocycles. The molecule has 1 heterocycles. The second kappa shape index (κ2) is 6.87. The van der Waals surface area contributed by atoms with Crippen molar-refractivity contribution in [3.63, 3.8) is 0 Å². The molecule has 2 aromatic rings. The number of carboxylic acid groups (broad SMARTS) is 1. The number of pyridine rings is 1. The highest BCUT2D eigenvalue weighted by atomic mass is 35.5. The summed E-state index contributed by atoms with van der Waals surface area (Å²) in [5.74, 6) is -2.07. The van der Waals surface area contributed by atoms with Crippen LogP contribution in [0.15, 0.2) is 36.5 Å². The third-order valence-corrected chi connectivity index (χ3v) is 3.64. The van der Waals surface area contributed by atoms with Gasteiger partial charge in [-0.15, -0.1) is 0 Å². The second-order valence-corrected chi connectivity index (χ2v) is 5.47. The molecule has 3 nitrogen and oxygen atoms in total. The molecule has 0 aliphatic heterocycles. The minimum Gasteiger partial charge on any atom is -0.481 e. The minimum absolute atomic E-state index is 0.203. The quantitative estimate of drug-likeness (QED) is 0.844. The van der Waals surface area contributed by atoms with Crippen molar-refractivity contribution >= 4 is 29.2 Å². The van der Waals surface area contributed by atoms with Crippen molar-refractivity contribution < 1.29 is 14.3 Å². The molecule has 21 heavy (non-hydrogen) atoms. The maximum atomic E-state index is 13.2. The van der Waals surface area contributed by atoms with Gasteiger partial charge in [0.05, 0.1) is 5.92 Å². The zero-order valence-electron chi connectivity index (χ0n) is 10.9. The normalized spacial score (nSPS) is 12.1. The Labute approximate surface area is 131 Å². The van der Waals surface area contributed by atoms with E-state index in [4.69, 9.17) is 23.2 Å². The zero-order valence-corrected chi connectivity index (χ0v) is 12.4. The number of aliphatic carboxylic acids is 1. The fourth-order valence-electron chi connectivity index (χ4n) is 2.05. The molecule has 2 rings (SSSR count). The van der Waals surface area contributed by atoms with E-state index in [1.807, 2.05) is 0 Å². The molecule has 110 valence electrons. The zero-order chi connectivity index (χ0) is 15.4. The van der Waals surface area contributed by atoms with Gasteiger partial charge >= 0.3 is 5.97 Å². The Kier molecular flexibility index (Phi) is 5.15. The van der Waals surface area contributed by atoms with Crippen LogP contribution in [0, 0.1) is 11.7 Å². The molecule has 6 heteroatoms. The smallest absolute Gasteiger partial charge is 0.307 e. The summed E-state index contributed by atoms with van der Waals surface area (Å²) < 4.78 is 13.2. The molecule has 0 aliphatic carbocycles. The van der Waals surface area contributed by atoms with Crippen LogP contribution in [0.25, 0.3) is 0 Å². The molecule has 0 bridgehead atoms. The Hall–Kier alpha value is -1.65. The van der Waals surface area contributed by atoms with Crippen LogP contribution in [0.3, 0.4) is 0 Å². The van der Waals surface area contributed by atoms with E-state index in [0.29, 0.717) is 16.1 Å². The minimum atomic E-state index is -0.967.